The van der Waals surface area contributed by atoms with Gasteiger partial charge in [0.1, 0.15) is 5.82 Å². The number of pyridine rings is 1. The number of hydrogen-bond acceptors (Lipinski definition) is 4. The third-order valence-corrected chi connectivity index (χ3v) is 6.25. The Kier molecular flexibility index (Phi) is 5.17. The van der Waals surface area contributed by atoms with Crippen molar-refractivity contribution in [3.8, 4) is 0 Å². The molecule has 0 amide bonds. The van der Waals surface area contributed by atoms with Gasteiger partial charge in [0.2, 0.25) is 10.0 Å². The summed E-state index contributed by atoms with van der Waals surface area (Å²) >= 11 is 0. The fraction of sp³-hybridized carbons (Fsp3) is 0.389. The van der Waals surface area contributed by atoms with Crippen LogP contribution in [0.2, 0.25) is 0 Å². The van der Waals surface area contributed by atoms with Crippen LogP contribution in [0.1, 0.15) is 24.1 Å². The van der Waals surface area contributed by atoms with Crippen LogP contribution in [0.5, 0.6) is 0 Å². The van der Waals surface area contributed by atoms with Crippen LogP contribution in [0, 0.1) is 18.7 Å². The summed E-state index contributed by atoms with van der Waals surface area (Å²) in [6, 6.07) is 8.80. The van der Waals surface area contributed by atoms with Gasteiger partial charge < -0.3 is 5.11 Å². The van der Waals surface area contributed by atoms with E-state index in [0.717, 1.165) is 11.8 Å². The standard InChI is InChI=1S/C18H21FN2O3S/c1-12-5-6-14(19)10-18(12)25(23,24)21-17(13-8-16(22)9-13)11-15-4-2-3-7-20-15/h2-7,10,13,16-17,21-22H,8-9,11H2,1H3. The molecule has 1 aliphatic carbocycles. The molecule has 1 atom stereocenters. The van der Waals surface area contributed by atoms with E-state index in [0.29, 0.717) is 24.8 Å². The van der Waals surface area contributed by atoms with Crippen molar-refractivity contribution < 1.29 is 17.9 Å². The lowest BCUT2D eigenvalue weighted by atomic mass is 9.76. The van der Waals surface area contributed by atoms with Crippen molar-refractivity contribution in [3.05, 3.63) is 59.7 Å². The average molecular weight is 364 g/mol. The van der Waals surface area contributed by atoms with Crippen LogP contribution in [0.3, 0.4) is 0 Å². The molecule has 0 aliphatic heterocycles. The van der Waals surface area contributed by atoms with E-state index in [9.17, 15) is 17.9 Å². The molecule has 134 valence electrons. The summed E-state index contributed by atoms with van der Waals surface area (Å²) in [4.78, 5) is 4.20. The molecule has 2 N–H and O–H groups in total. The second kappa shape index (κ2) is 7.19. The van der Waals surface area contributed by atoms with Gasteiger partial charge in [0.25, 0.3) is 0 Å². The van der Waals surface area contributed by atoms with Gasteiger partial charge in [-0.3, -0.25) is 4.98 Å². The largest absolute Gasteiger partial charge is 0.393 e. The van der Waals surface area contributed by atoms with Crippen LogP contribution in [-0.4, -0.2) is 30.7 Å². The first-order valence-electron chi connectivity index (χ1n) is 8.21. The molecule has 0 saturated heterocycles. The molecule has 1 fully saturated rings. The van der Waals surface area contributed by atoms with E-state index in [1.807, 2.05) is 12.1 Å². The molecule has 25 heavy (non-hydrogen) atoms. The van der Waals surface area contributed by atoms with Gasteiger partial charge in [-0.15, -0.1) is 0 Å². The second-order valence-corrected chi connectivity index (χ2v) is 8.23. The first kappa shape index (κ1) is 18.0. The molecule has 5 nitrogen and oxygen atoms in total. The van der Waals surface area contributed by atoms with Crippen molar-refractivity contribution in [2.75, 3.05) is 0 Å². The number of sulfonamides is 1. The summed E-state index contributed by atoms with van der Waals surface area (Å²) in [5.74, 6) is -0.563. The van der Waals surface area contributed by atoms with Crippen molar-refractivity contribution in [1.82, 2.24) is 9.71 Å². The fourth-order valence-electron chi connectivity index (χ4n) is 3.13. The Morgan fingerprint density at radius 1 is 1.32 bits per heavy atom. The minimum Gasteiger partial charge on any atom is -0.393 e. The van der Waals surface area contributed by atoms with Gasteiger partial charge in [0.15, 0.2) is 0 Å². The molecule has 1 aromatic heterocycles. The highest BCUT2D eigenvalue weighted by atomic mass is 32.2. The van der Waals surface area contributed by atoms with Crippen LogP contribution in [0.15, 0.2) is 47.5 Å². The van der Waals surface area contributed by atoms with E-state index in [4.69, 9.17) is 0 Å². The van der Waals surface area contributed by atoms with Gasteiger partial charge in [-0.2, -0.15) is 0 Å². The van der Waals surface area contributed by atoms with Crippen molar-refractivity contribution >= 4 is 10.0 Å². The number of aliphatic hydroxyl groups is 1. The van der Waals surface area contributed by atoms with Gasteiger partial charge in [0, 0.05) is 24.4 Å². The number of aryl methyl sites for hydroxylation is 1. The lowest BCUT2D eigenvalue weighted by Gasteiger charge is -2.37. The van der Waals surface area contributed by atoms with Crippen LogP contribution in [0.25, 0.3) is 0 Å². The molecule has 1 aliphatic rings. The lowest BCUT2D eigenvalue weighted by Crippen LogP contribution is -2.48. The molecular formula is C18H21FN2O3S. The highest BCUT2D eigenvalue weighted by Gasteiger charge is 2.36. The van der Waals surface area contributed by atoms with E-state index >= 15 is 0 Å². The molecular weight excluding hydrogens is 343 g/mol. The summed E-state index contributed by atoms with van der Waals surface area (Å²) in [6.07, 6.45) is 2.78. The number of aromatic nitrogens is 1. The molecule has 1 heterocycles. The minimum absolute atomic E-state index is 0.0284. The smallest absolute Gasteiger partial charge is 0.241 e. The molecule has 1 saturated carbocycles. The molecule has 3 rings (SSSR count). The van der Waals surface area contributed by atoms with Crippen LogP contribution in [-0.2, 0) is 16.4 Å². The molecule has 7 heteroatoms. The van der Waals surface area contributed by atoms with Crippen molar-refractivity contribution in [2.24, 2.45) is 5.92 Å². The van der Waals surface area contributed by atoms with Gasteiger partial charge >= 0.3 is 0 Å². The van der Waals surface area contributed by atoms with Crippen molar-refractivity contribution in [1.29, 1.82) is 0 Å². The van der Waals surface area contributed by atoms with E-state index in [2.05, 4.69) is 9.71 Å². The topological polar surface area (TPSA) is 79.3 Å². The Morgan fingerprint density at radius 3 is 2.72 bits per heavy atom. The maximum atomic E-state index is 13.5. The molecule has 0 bridgehead atoms. The molecule has 0 radical (unpaired) electrons. The summed E-state index contributed by atoms with van der Waals surface area (Å²) in [5.41, 5.74) is 1.26. The minimum atomic E-state index is -3.87. The zero-order valence-corrected chi connectivity index (χ0v) is 14.7. The summed E-state index contributed by atoms with van der Waals surface area (Å²) in [5, 5.41) is 9.59. The fourth-order valence-corrected chi connectivity index (χ4v) is 4.69. The van der Waals surface area contributed by atoms with Crippen molar-refractivity contribution in [2.45, 2.75) is 43.2 Å². The van der Waals surface area contributed by atoms with Gasteiger partial charge in [-0.25, -0.2) is 17.5 Å². The number of halogens is 1. The molecule has 1 aromatic carbocycles. The first-order valence-corrected chi connectivity index (χ1v) is 9.70. The quantitative estimate of drug-likeness (QED) is 0.824. The van der Waals surface area contributed by atoms with Crippen LogP contribution >= 0.6 is 0 Å². The maximum absolute atomic E-state index is 13.5. The predicted molar refractivity (Wildman–Crippen MR) is 91.9 cm³/mol. The monoisotopic (exact) mass is 364 g/mol. The van der Waals surface area contributed by atoms with Crippen molar-refractivity contribution in [3.63, 3.8) is 0 Å². The lowest BCUT2D eigenvalue weighted by molar-refractivity contribution is 0.0282. The molecule has 0 spiro atoms. The zero-order valence-electron chi connectivity index (χ0n) is 13.9. The maximum Gasteiger partial charge on any atom is 0.241 e. The number of nitrogens with zero attached hydrogens (tertiary/aromatic N) is 1. The Hall–Kier alpha value is -1.83. The number of nitrogens with one attached hydrogen (secondary N) is 1. The number of benzene rings is 1. The Balaban J connectivity index is 1.85. The highest BCUT2D eigenvalue weighted by molar-refractivity contribution is 7.89. The van der Waals surface area contributed by atoms with Gasteiger partial charge in [-0.05, 0) is 55.5 Å². The van der Waals surface area contributed by atoms with Gasteiger partial charge in [0.05, 0.1) is 11.0 Å². The van der Waals surface area contributed by atoms with E-state index in [1.165, 1.54) is 12.1 Å². The van der Waals surface area contributed by atoms with Gasteiger partial charge in [-0.1, -0.05) is 12.1 Å². The highest BCUT2D eigenvalue weighted by Crippen LogP contribution is 2.32. The van der Waals surface area contributed by atoms with E-state index in [1.54, 1.807) is 19.2 Å². The third-order valence-electron chi connectivity index (χ3n) is 4.62. The van der Waals surface area contributed by atoms with Crippen LogP contribution in [0.4, 0.5) is 4.39 Å². The summed E-state index contributed by atoms with van der Waals surface area (Å²) in [6.45, 7) is 1.63. The number of hydrogen-bond donors (Lipinski definition) is 2. The Morgan fingerprint density at radius 2 is 2.08 bits per heavy atom. The Labute approximate surface area is 147 Å². The number of aliphatic hydroxyl groups excluding tert-OH is 1. The van der Waals surface area contributed by atoms with Crippen LogP contribution < -0.4 is 4.72 Å². The second-order valence-electron chi connectivity index (χ2n) is 6.55. The molecule has 1 unspecified atom stereocenters. The number of rotatable bonds is 6. The Bertz CT molecular complexity index is 837. The van der Waals surface area contributed by atoms with E-state index < -0.39 is 28.0 Å². The normalized spacial score (nSPS) is 21.6. The summed E-state index contributed by atoms with van der Waals surface area (Å²) in [7, 11) is -3.87. The first-order chi connectivity index (χ1) is 11.8. The SMILES string of the molecule is Cc1ccc(F)cc1S(=O)(=O)NC(Cc1ccccn1)C1CC(O)C1. The summed E-state index contributed by atoms with van der Waals surface area (Å²) < 4.78 is 41.8. The predicted octanol–water partition coefficient (Wildman–Crippen LogP) is 2.19. The average Bonchev–Trinajstić information content (AvgIpc) is 2.54. The van der Waals surface area contributed by atoms with E-state index in [-0.39, 0.29) is 10.8 Å². The molecule has 2 aromatic rings. The third kappa shape index (κ3) is 4.23. The zero-order chi connectivity index (χ0) is 18.0.